The van der Waals surface area contributed by atoms with E-state index in [4.69, 9.17) is 24.4 Å². The number of hydrogen-bond donors (Lipinski definition) is 4. The number of carbonyl (C=O) groups excluding carboxylic acids is 1. The molecule has 40 heavy (non-hydrogen) atoms. The van der Waals surface area contributed by atoms with Crippen LogP contribution in [0.2, 0.25) is 0 Å². The third kappa shape index (κ3) is 8.96. The summed E-state index contributed by atoms with van der Waals surface area (Å²) in [6.07, 6.45) is 0.750. The Morgan fingerprint density at radius 1 is 0.700 bits per heavy atom. The quantitative estimate of drug-likeness (QED) is 0.0959. The van der Waals surface area contributed by atoms with E-state index in [9.17, 15) is 26.7 Å². The lowest BCUT2D eigenvalue weighted by Gasteiger charge is -2.26. The summed E-state index contributed by atoms with van der Waals surface area (Å²) in [5, 5.41) is 0. The minimum absolute atomic E-state index is 0.173. The molecule has 3 aromatic rings. The minimum atomic E-state index is -5.70. The fraction of sp³-hybridized carbons (Fsp3) is 0.192. The van der Waals surface area contributed by atoms with Crippen molar-refractivity contribution in [3.8, 4) is 0 Å². The number of benzene rings is 3. The van der Waals surface area contributed by atoms with Gasteiger partial charge in [0, 0.05) is 29.9 Å². The molecule has 0 fully saturated rings. The molecule has 0 atom stereocenters. The van der Waals surface area contributed by atoms with Gasteiger partial charge in [0.1, 0.15) is 6.29 Å². The molecule has 0 aromatic heterocycles. The second-order valence-corrected chi connectivity index (χ2v) is 11.3. The molecule has 0 heterocycles. The molecular formula is C26H29F4NO7P2. The van der Waals surface area contributed by atoms with Gasteiger partial charge in [-0.15, -0.1) is 13.2 Å². The Kier molecular flexibility index (Phi) is 12.7. The van der Waals surface area contributed by atoms with Crippen molar-refractivity contribution in [2.75, 3.05) is 4.90 Å². The zero-order chi connectivity index (χ0) is 30.8. The Labute approximate surface area is 228 Å². The Bertz CT molecular complexity index is 1230. The largest absolute Gasteiger partial charge is 0.399 e. The van der Waals surface area contributed by atoms with Crippen LogP contribution in [0.4, 0.5) is 23.2 Å². The van der Waals surface area contributed by atoms with Gasteiger partial charge in [-0.2, -0.15) is 17.6 Å². The number of alkyl halides is 4. The highest BCUT2D eigenvalue weighted by molar-refractivity contribution is 7.52. The Morgan fingerprint density at radius 2 is 1.00 bits per heavy atom. The number of anilines is 1. The van der Waals surface area contributed by atoms with Crippen molar-refractivity contribution in [3.05, 3.63) is 114 Å². The van der Waals surface area contributed by atoms with Crippen molar-refractivity contribution in [1.29, 1.82) is 0 Å². The molecule has 0 spiro atoms. The second-order valence-electron chi connectivity index (χ2n) is 7.99. The molecule has 0 aliphatic carbocycles. The zero-order valence-electron chi connectivity index (χ0n) is 21.3. The van der Waals surface area contributed by atoms with Crippen LogP contribution in [0, 0.1) is 0 Å². The molecule has 0 bridgehead atoms. The Hall–Kier alpha value is -3.11. The van der Waals surface area contributed by atoms with Gasteiger partial charge < -0.3 is 29.3 Å². The molecule has 14 heteroatoms. The van der Waals surface area contributed by atoms with E-state index in [1.54, 1.807) is 35.2 Å². The summed E-state index contributed by atoms with van der Waals surface area (Å²) in [7, 11) is -11.4. The molecule has 3 aromatic carbocycles. The number of nitrogens with zero attached hydrogens (tertiary/aromatic N) is 1. The van der Waals surface area contributed by atoms with Crippen molar-refractivity contribution in [2.45, 2.75) is 31.3 Å². The lowest BCUT2D eigenvalue weighted by molar-refractivity contribution is -0.106. The molecule has 0 saturated carbocycles. The van der Waals surface area contributed by atoms with E-state index >= 15 is 0 Å². The summed E-state index contributed by atoms with van der Waals surface area (Å²) < 4.78 is 77.9. The molecule has 4 N–H and O–H groups in total. The van der Waals surface area contributed by atoms with E-state index < -0.39 is 37.6 Å². The molecule has 0 aliphatic heterocycles. The second kappa shape index (κ2) is 14.5. The molecule has 8 nitrogen and oxygen atoms in total. The van der Waals surface area contributed by atoms with Gasteiger partial charge in [-0.1, -0.05) is 66.7 Å². The van der Waals surface area contributed by atoms with Crippen LogP contribution < -0.4 is 4.90 Å². The average Bonchev–Trinajstić information content (AvgIpc) is 2.90. The van der Waals surface area contributed by atoms with E-state index in [0.29, 0.717) is 16.8 Å². The first kappa shape index (κ1) is 34.9. The summed E-state index contributed by atoms with van der Waals surface area (Å²) in [4.78, 5) is 46.2. The minimum Gasteiger partial charge on any atom is -0.363 e. The molecule has 0 radical (unpaired) electrons. The first-order valence-corrected chi connectivity index (χ1v) is 14.5. The van der Waals surface area contributed by atoms with Crippen LogP contribution in [0.5, 0.6) is 0 Å². The predicted molar refractivity (Wildman–Crippen MR) is 144 cm³/mol. The highest BCUT2D eigenvalue weighted by atomic mass is 31.2. The standard InChI is InChI=1S/C22H21F4NO6P2.C2H4O.C2H4/c23-21(24,34(28,29)30)18-10-6-16(7-11-18)14-27(20-4-2-1-3-5-20)15-17-8-12-19(13-9-17)22(25,26)35(31,32)33;1-2-3;1-2/h1-13H,14-15H2,(H2,28,29,30)(H2,31,32,33);2H,1H3;1-2H2. The summed E-state index contributed by atoms with van der Waals surface area (Å²) in [6.45, 7) is 7.79. The molecule has 218 valence electrons. The number of halogens is 4. The van der Waals surface area contributed by atoms with Crippen LogP contribution >= 0.6 is 15.2 Å². The number of rotatable bonds is 9. The van der Waals surface area contributed by atoms with Crippen molar-refractivity contribution < 1.29 is 51.1 Å². The first-order valence-electron chi connectivity index (χ1n) is 11.3. The summed E-state index contributed by atoms with van der Waals surface area (Å²) >= 11 is 0. The lowest BCUT2D eigenvalue weighted by Crippen LogP contribution is -2.22. The number of aldehydes is 1. The van der Waals surface area contributed by atoms with Gasteiger partial charge in [0.15, 0.2) is 0 Å². The highest BCUT2D eigenvalue weighted by Gasteiger charge is 2.51. The molecular weight excluding hydrogens is 576 g/mol. The van der Waals surface area contributed by atoms with E-state index in [0.717, 1.165) is 30.6 Å². The van der Waals surface area contributed by atoms with E-state index in [1.165, 1.54) is 31.2 Å². The molecule has 0 saturated heterocycles. The van der Waals surface area contributed by atoms with Crippen LogP contribution in [-0.4, -0.2) is 25.9 Å². The first-order chi connectivity index (χ1) is 18.5. The summed E-state index contributed by atoms with van der Waals surface area (Å²) in [5.74, 6) is 0. The van der Waals surface area contributed by atoms with Crippen molar-refractivity contribution in [1.82, 2.24) is 0 Å². The zero-order valence-corrected chi connectivity index (χ0v) is 23.1. The molecule has 0 aliphatic rings. The highest BCUT2D eigenvalue weighted by Crippen LogP contribution is 2.60. The van der Waals surface area contributed by atoms with Crippen molar-refractivity contribution >= 4 is 27.2 Å². The topological polar surface area (TPSA) is 135 Å². The third-order valence-corrected chi connectivity index (χ3v) is 7.18. The van der Waals surface area contributed by atoms with E-state index in [-0.39, 0.29) is 13.1 Å². The van der Waals surface area contributed by atoms with Crippen LogP contribution in [0.1, 0.15) is 29.2 Å². The lowest BCUT2D eigenvalue weighted by atomic mass is 10.1. The SMILES string of the molecule is C=C.CC=O.O=P(O)(O)C(F)(F)c1ccc(CN(Cc2ccc(C(F)(F)P(=O)(O)O)cc2)c2ccccc2)cc1. The van der Waals surface area contributed by atoms with Crippen LogP contribution in [0.3, 0.4) is 0 Å². The fourth-order valence-corrected chi connectivity index (χ4v) is 4.25. The maximum atomic E-state index is 13.9. The number of hydrogen-bond acceptors (Lipinski definition) is 4. The van der Waals surface area contributed by atoms with Gasteiger partial charge in [0.25, 0.3) is 0 Å². The number of para-hydroxylation sites is 1. The van der Waals surface area contributed by atoms with Gasteiger partial charge >= 0.3 is 26.5 Å². The fourth-order valence-electron chi connectivity index (χ4n) is 3.28. The van der Waals surface area contributed by atoms with E-state index in [2.05, 4.69) is 13.2 Å². The Morgan fingerprint density at radius 3 is 1.27 bits per heavy atom. The average molecular weight is 605 g/mol. The molecule has 0 amide bonds. The van der Waals surface area contributed by atoms with Gasteiger partial charge in [-0.3, -0.25) is 9.13 Å². The van der Waals surface area contributed by atoms with Gasteiger partial charge in [0.2, 0.25) is 0 Å². The van der Waals surface area contributed by atoms with Crippen molar-refractivity contribution in [2.24, 2.45) is 0 Å². The van der Waals surface area contributed by atoms with Gasteiger partial charge in [-0.05, 0) is 30.2 Å². The smallest absolute Gasteiger partial charge is 0.363 e. The summed E-state index contributed by atoms with van der Waals surface area (Å²) in [6, 6.07) is 17.8. The molecule has 3 rings (SSSR count). The summed E-state index contributed by atoms with van der Waals surface area (Å²) in [5.41, 5.74) is -8.55. The maximum absolute atomic E-state index is 13.9. The van der Waals surface area contributed by atoms with Gasteiger partial charge in [-0.25, -0.2) is 0 Å². The maximum Gasteiger partial charge on any atom is 0.399 e. The van der Waals surface area contributed by atoms with Crippen LogP contribution in [-0.2, 0) is 38.3 Å². The van der Waals surface area contributed by atoms with Gasteiger partial charge in [0.05, 0.1) is 0 Å². The van der Waals surface area contributed by atoms with Crippen molar-refractivity contribution in [3.63, 3.8) is 0 Å². The molecule has 0 unspecified atom stereocenters. The van der Waals surface area contributed by atoms with Crippen LogP contribution in [0.15, 0.2) is 92.0 Å². The predicted octanol–water partition coefficient (Wildman–Crippen LogP) is 6.35. The monoisotopic (exact) mass is 605 g/mol. The Balaban J connectivity index is 0.00000150. The normalized spacial score (nSPS) is 11.8. The third-order valence-electron chi connectivity index (χ3n) is 5.20. The van der Waals surface area contributed by atoms with E-state index in [1.807, 2.05) is 0 Å². The van der Waals surface area contributed by atoms with Crippen LogP contribution in [0.25, 0.3) is 0 Å². The number of carbonyl (C=O) groups is 1.